The van der Waals surface area contributed by atoms with Gasteiger partial charge in [0.15, 0.2) is 0 Å². The molecule has 2 unspecified atom stereocenters. The first kappa shape index (κ1) is 12.8. The fraction of sp³-hybridized carbons (Fsp3) is 0.538. The van der Waals surface area contributed by atoms with Crippen molar-refractivity contribution in [3.63, 3.8) is 0 Å². The minimum Gasteiger partial charge on any atom is -0.477 e. The standard InChI is InChI=1S/C13H18N2O3/c16-11-3-1-2-9(6-11)7-14-10-4-5-12(13(17)18)15-8-10/h4-5,8-9,11,14,16H,1-3,6-7H2,(H,17,18). The number of aromatic nitrogens is 1. The predicted octanol–water partition coefficient (Wildman–Crippen LogP) is 1.74. The SMILES string of the molecule is O=C(O)c1ccc(NCC2CCCC(O)C2)cn1. The first-order valence-corrected chi connectivity index (χ1v) is 6.26. The number of nitrogens with zero attached hydrogens (tertiary/aromatic N) is 1. The van der Waals surface area contributed by atoms with Gasteiger partial charge in [0.1, 0.15) is 5.69 Å². The van der Waals surface area contributed by atoms with Gasteiger partial charge in [-0.3, -0.25) is 0 Å². The molecule has 3 N–H and O–H groups in total. The topological polar surface area (TPSA) is 82.5 Å². The third kappa shape index (κ3) is 3.43. The zero-order valence-corrected chi connectivity index (χ0v) is 10.2. The third-order valence-electron chi connectivity index (χ3n) is 3.33. The van der Waals surface area contributed by atoms with E-state index < -0.39 is 5.97 Å². The number of aliphatic hydroxyl groups is 1. The maximum absolute atomic E-state index is 10.6. The molecule has 1 aromatic heterocycles. The number of carboxylic acids is 1. The smallest absolute Gasteiger partial charge is 0.354 e. The Hall–Kier alpha value is -1.62. The van der Waals surface area contributed by atoms with Crippen LogP contribution in [0.4, 0.5) is 5.69 Å². The number of anilines is 1. The molecular weight excluding hydrogens is 232 g/mol. The molecule has 0 spiro atoms. The van der Waals surface area contributed by atoms with Crippen LogP contribution in [-0.2, 0) is 0 Å². The fourth-order valence-corrected chi connectivity index (χ4v) is 2.34. The van der Waals surface area contributed by atoms with Crippen molar-refractivity contribution in [3.05, 3.63) is 24.0 Å². The van der Waals surface area contributed by atoms with Crippen LogP contribution in [0.15, 0.2) is 18.3 Å². The van der Waals surface area contributed by atoms with Crippen LogP contribution in [0, 0.1) is 5.92 Å². The van der Waals surface area contributed by atoms with Gasteiger partial charge in [-0.15, -0.1) is 0 Å². The van der Waals surface area contributed by atoms with E-state index in [0.717, 1.165) is 37.9 Å². The molecule has 0 saturated heterocycles. The Bertz CT molecular complexity index is 405. The molecular formula is C13H18N2O3. The summed E-state index contributed by atoms with van der Waals surface area (Å²) in [7, 11) is 0. The summed E-state index contributed by atoms with van der Waals surface area (Å²) in [6, 6.07) is 3.20. The maximum Gasteiger partial charge on any atom is 0.354 e. The van der Waals surface area contributed by atoms with Crippen LogP contribution in [0.3, 0.4) is 0 Å². The molecule has 0 aliphatic heterocycles. The van der Waals surface area contributed by atoms with E-state index in [4.69, 9.17) is 5.11 Å². The summed E-state index contributed by atoms with van der Waals surface area (Å²) in [6.07, 6.45) is 5.31. The lowest BCUT2D eigenvalue weighted by molar-refractivity contribution is 0.0690. The van der Waals surface area contributed by atoms with Crippen molar-refractivity contribution >= 4 is 11.7 Å². The molecule has 0 aromatic carbocycles. The Morgan fingerprint density at radius 1 is 1.44 bits per heavy atom. The van der Waals surface area contributed by atoms with Gasteiger partial charge in [-0.05, 0) is 37.3 Å². The zero-order valence-electron chi connectivity index (χ0n) is 10.2. The van der Waals surface area contributed by atoms with E-state index in [-0.39, 0.29) is 11.8 Å². The molecule has 2 rings (SSSR count). The highest BCUT2D eigenvalue weighted by Crippen LogP contribution is 2.24. The number of aromatic carboxylic acids is 1. The minimum absolute atomic E-state index is 0.0497. The number of carbonyl (C=O) groups is 1. The summed E-state index contributed by atoms with van der Waals surface area (Å²) in [4.78, 5) is 14.5. The molecule has 5 nitrogen and oxygen atoms in total. The molecule has 18 heavy (non-hydrogen) atoms. The summed E-state index contributed by atoms with van der Waals surface area (Å²) in [5, 5.41) is 21.5. The number of pyridine rings is 1. The number of nitrogens with one attached hydrogen (secondary N) is 1. The van der Waals surface area contributed by atoms with Crippen molar-refractivity contribution in [1.29, 1.82) is 0 Å². The van der Waals surface area contributed by atoms with E-state index in [0.29, 0.717) is 5.92 Å². The summed E-state index contributed by atoms with van der Waals surface area (Å²) >= 11 is 0. The van der Waals surface area contributed by atoms with Crippen LogP contribution < -0.4 is 5.32 Å². The number of rotatable bonds is 4. The first-order chi connectivity index (χ1) is 8.65. The van der Waals surface area contributed by atoms with Gasteiger partial charge in [0.2, 0.25) is 0 Å². The predicted molar refractivity (Wildman–Crippen MR) is 67.7 cm³/mol. The Labute approximate surface area is 106 Å². The second-order valence-corrected chi connectivity index (χ2v) is 4.80. The van der Waals surface area contributed by atoms with E-state index >= 15 is 0 Å². The van der Waals surface area contributed by atoms with Crippen molar-refractivity contribution in [1.82, 2.24) is 4.98 Å². The summed E-state index contributed by atoms with van der Waals surface area (Å²) < 4.78 is 0. The van der Waals surface area contributed by atoms with Crippen molar-refractivity contribution in [2.24, 2.45) is 5.92 Å². The van der Waals surface area contributed by atoms with Crippen LogP contribution in [0.25, 0.3) is 0 Å². The summed E-state index contributed by atoms with van der Waals surface area (Å²) in [5.74, 6) is -0.537. The van der Waals surface area contributed by atoms with Gasteiger partial charge in [0, 0.05) is 6.54 Å². The van der Waals surface area contributed by atoms with Crippen LogP contribution >= 0.6 is 0 Å². The van der Waals surface area contributed by atoms with Gasteiger partial charge >= 0.3 is 5.97 Å². The Morgan fingerprint density at radius 2 is 2.28 bits per heavy atom. The normalized spacial score (nSPS) is 23.6. The largest absolute Gasteiger partial charge is 0.477 e. The molecule has 1 fully saturated rings. The van der Waals surface area contributed by atoms with E-state index in [1.165, 1.54) is 12.3 Å². The van der Waals surface area contributed by atoms with E-state index in [1.54, 1.807) is 6.07 Å². The van der Waals surface area contributed by atoms with Gasteiger partial charge in [-0.1, -0.05) is 6.42 Å². The van der Waals surface area contributed by atoms with E-state index in [2.05, 4.69) is 10.3 Å². The lowest BCUT2D eigenvalue weighted by Gasteiger charge is -2.26. The lowest BCUT2D eigenvalue weighted by atomic mass is 9.87. The van der Waals surface area contributed by atoms with Crippen LogP contribution in [0.5, 0.6) is 0 Å². The molecule has 0 radical (unpaired) electrons. The number of carboxylic acid groups (broad SMARTS) is 1. The number of aliphatic hydroxyl groups excluding tert-OH is 1. The van der Waals surface area contributed by atoms with E-state index in [1.807, 2.05) is 0 Å². The van der Waals surface area contributed by atoms with Crippen LogP contribution in [0.2, 0.25) is 0 Å². The second-order valence-electron chi connectivity index (χ2n) is 4.80. The number of hydrogen-bond acceptors (Lipinski definition) is 4. The van der Waals surface area contributed by atoms with Gasteiger partial charge in [0.25, 0.3) is 0 Å². The molecule has 98 valence electrons. The maximum atomic E-state index is 10.6. The van der Waals surface area contributed by atoms with Crippen LogP contribution in [-0.4, -0.2) is 33.8 Å². The highest BCUT2D eigenvalue weighted by molar-refractivity contribution is 5.85. The first-order valence-electron chi connectivity index (χ1n) is 6.26. The van der Waals surface area contributed by atoms with Gasteiger partial charge in [-0.2, -0.15) is 0 Å². The van der Waals surface area contributed by atoms with Crippen molar-refractivity contribution in [2.45, 2.75) is 31.8 Å². The molecule has 1 aliphatic rings. The monoisotopic (exact) mass is 250 g/mol. The molecule has 2 atom stereocenters. The van der Waals surface area contributed by atoms with Gasteiger partial charge < -0.3 is 15.5 Å². The molecule has 1 heterocycles. The Morgan fingerprint density at radius 3 is 2.89 bits per heavy atom. The second kappa shape index (κ2) is 5.82. The number of hydrogen-bond donors (Lipinski definition) is 3. The molecule has 5 heteroatoms. The fourth-order valence-electron chi connectivity index (χ4n) is 2.34. The highest BCUT2D eigenvalue weighted by Gasteiger charge is 2.19. The minimum atomic E-state index is -1.02. The average molecular weight is 250 g/mol. The Balaban J connectivity index is 1.84. The molecule has 0 amide bonds. The molecule has 1 aromatic rings. The van der Waals surface area contributed by atoms with E-state index in [9.17, 15) is 9.90 Å². The van der Waals surface area contributed by atoms with Gasteiger partial charge in [0.05, 0.1) is 18.0 Å². The highest BCUT2D eigenvalue weighted by atomic mass is 16.4. The van der Waals surface area contributed by atoms with Crippen LogP contribution in [0.1, 0.15) is 36.2 Å². The lowest BCUT2D eigenvalue weighted by Crippen LogP contribution is -2.25. The quantitative estimate of drug-likeness (QED) is 0.758. The van der Waals surface area contributed by atoms with Crippen molar-refractivity contribution in [3.8, 4) is 0 Å². The Kier molecular flexibility index (Phi) is 4.15. The average Bonchev–Trinajstić information content (AvgIpc) is 2.37. The summed E-state index contributed by atoms with van der Waals surface area (Å²) in [5.41, 5.74) is 0.869. The third-order valence-corrected chi connectivity index (χ3v) is 3.33. The van der Waals surface area contributed by atoms with Crippen molar-refractivity contribution in [2.75, 3.05) is 11.9 Å². The zero-order chi connectivity index (χ0) is 13.0. The molecule has 1 saturated carbocycles. The summed E-state index contributed by atoms with van der Waals surface area (Å²) in [6.45, 7) is 0.797. The molecule has 0 bridgehead atoms. The van der Waals surface area contributed by atoms with Crippen molar-refractivity contribution < 1.29 is 15.0 Å². The van der Waals surface area contributed by atoms with Gasteiger partial charge in [-0.25, -0.2) is 9.78 Å². The molecule has 1 aliphatic carbocycles.